The molecule has 3 nitrogen and oxygen atoms in total. The largest absolute Gasteiger partial charge is 0.512 e. The van der Waals surface area contributed by atoms with Crippen LogP contribution < -0.4 is 0 Å². The summed E-state index contributed by atoms with van der Waals surface area (Å²) in [5.41, 5.74) is 0. The highest BCUT2D eigenvalue weighted by Crippen LogP contribution is 2.22. The molecule has 1 rings (SSSR count). The van der Waals surface area contributed by atoms with Gasteiger partial charge in [0.15, 0.2) is 0 Å². The second kappa shape index (κ2) is 2.95. The Hall–Kier alpha value is -0.990. The van der Waals surface area contributed by atoms with Crippen LogP contribution in [0.15, 0.2) is 11.8 Å². The van der Waals surface area contributed by atoms with Crippen LogP contribution >= 0.6 is 0 Å². The summed E-state index contributed by atoms with van der Waals surface area (Å²) in [5, 5.41) is 9.21. The van der Waals surface area contributed by atoms with E-state index < -0.39 is 5.97 Å². The fraction of sp³-hybridized carbons (Fsp3) is 0.625. The zero-order chi connectivity index (χ0) is 8.43. The Kier molecular flexibility index (Phi) is 2.17. The van der Waals surface area contributed by atoms with Crippen LogP contribution in [0.5, 0.6) is 0 Å². The maximum Gasteiger partial charge on any atom is 0.334 e. The van der Waals surface area contributed by atoms with E-state index in [1.165, 1.54) is 0 Å². The van der Waals surface area contributed by atoms with Gasteiger partial charge in [-0.2, -0.15) is 0 Å². The number of rotatable bonds is 1. The number of aliphatic hydroxyl groups excluding tert-OH is 1. The zero-order valence-electron chi connectivity index (χ0n) is 6.70. The Labute approximate surface area is 65.7 Å². The van der Waals surface area contributed by atoms with E-state index in [9.17, 15) is 9.90 Å². The topological polar surface area (TPSA) is 46.5 Å². The number of hydrogen-bond acceptors (Lipinski definition) is 3. The van der Waals surface area contributed by atoms with Crippen molar-refractivity contribution in [1.82, 2.24) is 0 Å². The van der Waals surface area contributed by atoms with Crippen LogP contribution in [0.1, 0.15) is 20.3 Å². The van der Waals surface area contributed by atoms with Crippen LogP contribution in [0.4, 0.5) is 0 Å². The summed E-state index contributed by atoms with van der Waals surface area (Å²) in [6, 6.07) is 0. The van der Waals surface area contributed by atoms with Crippen LogP contribution in [-0.4, -0.2) is 17.2 Å². The van der Waals surface area contributed by atoms with Crippen LogP contribution in [0.2, 0.25) is 0 Å². The maximum absolute atomic E-state index is 10.7. The summed E-state index contributed by atoms with van der Waals surface area (Å²) in [5.74, 6) is -0.363. The summed E-state index contributed by atoms with van der Waals surface area (Å²) < 4.78 is 4.94. The summed E-state index contributed by atoms with van der Waals surface area (Å²) >= 11 is 0. The molecule has 0 saturated heterocycles. The van der Waals surface area contributed by atoms with Crippen LogP contribution in [0.25, 0.3) is 0 Å². The molecule has 0 aromatic heterocycles. The van der Waals surface area contributed by atoms with Crippen molar-refractivity contribution in [3.63, 3.8) is 0 Å². The molecular weight excluding hydrogens is 144 g/mol. The van der Waals surface area contributed by atoms with Gasteiger partial charge in [-0.3, -0.25) is 0 Å². The summed E-state index contributed by atoms with van der Waals surface area (Å²) in [6.45, 7) is 3.76. The first-order chi connectivity index (χ1) is 5.15. The van der Waals surface area contributed by atoms with Crippen molar-refractivity contribution in [3.8, 4) is 0 Å². The van der Waals surface area contributed by atoms with Crippen molar-refractivity contribution in [1.29, 1.82) is 0 Å². The Morgan fingerprint density at radius 2 is 2.36 bits per heavy atom. The molecule has 0 spiro atoms. The molecule has 0 unspecified atom stereocenters. The first-order valence-electron chi connectivity index (χ1n) is 3.76. The average Bonchev–Trinajstić information content (AvgIpc) is 1.96. The van der Waals surface area contributed by atoms with Crippen molar-refractivity contribution >= 4 is 5.97 Å². The number of cyclic esters (lactones) is 1. The Balaban J connectivity index is 2.77. The first-order valence-corrected chi connectivity index (χ1v) is 3.76. The normalized spacial score (nSPS) is 31.1. The van der Waals surface area contributed by atoms with Gasteiger partial charge in [-0.25, -0.2) is 4.79 Å². The number of esters is 1. The molecule has 11 heavy (non-hydrogen) atoms. The van der Waals surface area contributed by atoms with Crippen molar-refractivity contribution in [2.24, 2.45) is 5.92 Å². The van der Waals surface area contributed by atoms with Crippen molar-refractivity contribution < 1.29 is 14.6 Å². The third-order valence-corrected chi connectivity index (χ3v) is 1.96. The number of hydrogen-bond donors (Lipinski definition) is 1. The highest BCUT2D eigenvalue weighted by atomic mass is 16.5. The molecule has 0 fully saturated rings. The molecule has 3 heteroatoms. The molecule has 0 aliphatic carbocycles. The van der Waals surface area contributed by atoms with E-state index >= 15 is 0 Å². The summed E-state index contributed by atoms with van der Waals surface area (Å²) in [6.07, 6.45) is 1.72. The minimum Gasteiger partial charge on any atom is -0.512 e. The number of aliphatic hydroxyl groups is 1. The third kappa shape index (κ3) is 1.53. The van der Waals surface area contributed by atoms with E-state index in [4.69, 9.17) is 4.74 Å². The highest BCUT2D eigenvalue weighted by molar-refractivity contribution is 5.83. The van der Waals surface area contributed by atoms with Gasteiger partial charge in [0, 0.05) is 0 Å². The predicted octanol–water partition coefficient (Wildman–Crippen LogP) is 1.40. The fourth-order valence-electron chi connectivity index (χ4n) is 1.16. The number of carbonyl (C=O) groups excluding carboxylic acids is 1. The Morgan fingerprint density at radius 3 is 2.91 bits per heavy atom. The van der Waals surface area contributed by atoms with Gasteiger partial charge in [0.1, 0.15) is 11.9 Å². The zero-order valence-corrected chi connectivity index (χ0v) is 6.70. The lowest BCUT2D eigenvalue weighted by atomic mass is 9.98. The summed E-state index contributed by atoms with van der Waals surface area (Å²) in [4.78, 5) is 10.7. The fourth-order valence-corrected chi connectivity index (χ4v) is 1.16. The summed E-state index contributed by atoms with van der Waals surface area (Å²) in [7, 11) is 0. The van der Waals surface area contributed by atoms with E-state index in [-0.39, 0.29) is 17.8 Å². The van der Waals surface area contributed by atoms with E-state index in [0.717, 1.165) is 12.5 Å². The van der Waals surface area contributed by atoms with Gasteiger partial charge in [0.25, 0.3) is 0 Å². The van der Waals surface area contributed by atoms with Crippen LogP contribution in [0.3, 0.4) is 0 Å². The molecule has 0 amide bonds. The first kappa shape index (κ1) is 8.11. The van der Waals surface area contributed by atoms with Gasteiger partial charge < -0.3 is 9.84 Å². The molecule has 0 saturated carbocycles. The standard InChI is InChI=1S/C8H12O3/c1-3-7-5(2)6(9)4-8(10)11-7/h4-5,7,9H,3H2,1-2H3/t5-,7-/m1/s1. The van der Waals surface area contributed by atoms with Gasteiger partial charge in [-0.05, 0) is 6.42 Å². The second-order valence-electron chi connectivity index (χ2n) is 2.74. The lowest BCUT2D eigenvalue weighted by molar-refractivity contribution is -0.148. The van der Waals surface area contributed by atoms with Gasteiger partial charge in [-0.1, -0.05) is 13.8 Å². The van der Waals surface area contributed by atoms with Crippen LogP contribution in [0, 0.1) is 5.92 Å². The quantitative estimate of drug-likeness (QED) is 0.584. The Bertz CT molecular complexity index is 196. The molecular formula is C8H12O3. The second-order valence-corrected chi connectivity index (χ2v) is 2.74. The van der Waals surface area contributed by atoms with Gasteiger partial charge >= 0.3 is 5.97 Å². The minimum atomic E-state index is -0.438. The van der Waals surface area contributed by atoms with E-state index in [1.54, 1.807) is 0 Å². The van der Waals surface area contributed by atoms with Gasteiger partial charge in [0.05, 0.1) is 12.0 Å². The maximum atomic E-state index is 10.7. The molecule has 62 valence electrons. The molecule has 0 radical (unpaired) electrons. The van der Waals surface area contributed by atoms with Crippen molar-refractivity contribution in [2.45, 2.75) is 26.4 Å². The Morgan fingerprint density at radius 1 is 1.73 bits per heavy atom. The third-order valence-electron chi connectivity index (χ3n) is 1.96. The van der Waals surface area contributed by atoms with Crippen LogP contribution in [-0.2, 0) is 9.53 Å². The monoisotopic (exact) mass is 156 g/mol. The van der Waals surface area contributed by atoms with E-state index in [0.29, 0.717) is 0 Å². The molecule has 1 aliphatic rings. The van der Waals surface area contributed by atoms with Gasteiger partial charge in [-0.15, -0.1) is 0 Å². The molecule has 0 bridgehead atoms. The lowest BCUT2D eigenvalue weighted by Crippen LogP contribution is -2.29. The van der Waals surface area contributed by atoms with Gasteiger partial charge in [0.2, 0.25) is 0 Å². The molecule has 1 aliphatic heterocycles. The van der Waals surface area contributed by atoms with E-state index in [2.05, 4.69) is 0 Å². The SMILES string of the molecule is CC[C@H]1OC(=O)C=C(O)[C@H]1C. The molecule has 0 aromatic rings. The smallest absolute Gasteiger partial charge is 0.334 e. The predicted molar refractivity (Wildman–Crippen MR) is 40.0 cm³/mol. The minimum absolute atomic E-state index is 0.0577. The highest BCUT2D eigenvalue weighted by Gasteiger charge is 2.27. The van der Waals surface area contributed by atoms with E-state index in [1.807, 2.05) is 13.8 Å². The average molecular weight is 156 g/mol. The number of carbonyl (C=O) groups is 1. The lowest BCUT2D eigenvalue weighted by Gasteiger charge is -2.25. The number of ether oxygens (including phenoxy) is 1. The molecule has 1 N–H and O–H groups in total. The van der Waals surface area contributed by atoms with Crippen molar-refractivity contribution in [3.05, 3.63) is 11.8 Å². The molecule has 1 heterocycles. The molecule has 2 atom stereocenters. The molecule has 0 aromatic carbocycles. The van der Waals surface area contributed by atoms with Crippen molar-refractivity contribution in [2.75, 3.05) is 0 Å².